The minimum Gasteiger partial charge on any atom is -0.300 e. The molecule has 128 valence electrons. The van der Waals surface area contributed by atoms with E-state index in [4.69, 9.17) is 0 Å². The van der Waals surface area contributed by atoms with E-state index in [0.29, 0.717) is 4.90 Å². The lowest BCUT2D eigenvalue weighted by Crippen LogP contribution is -2.47. The summed E-state index contributed by atoms with van der Waals surface area (Å²) in [6.07, 6.45) is 7.17. The molecular weight excluding hydrogens is 308 g/mol. The van der Waals surface area contributed by atoms with Crippen LogP contribution in [0, 0.1) is 13.8 Å². The van der Waals surface area contributed by atoms with E-state index in [1.165, 1.54) is 25.7 Å². The summed E-state index contributed by atoms with van der Waals surface area (Å²) in [5, 5.41) is 0. The van der Waals surface area contributed by atoms with Crippen LogP contribution in [0.1, 0.15) is 49.7 Å². The molecule has 0 radical (unpaired) electrons. The summed E-state index contributed by atoms with van der Waals surface area (Å²) in [5.41, 5.74) is 2.14. The van der Waals surface area contributed by atoms with Crippen LogP contribution >= 0.6 is 0 Å². The second-order valence-corrected chi connectivity index (χ2v) is 8.83. The smallest absolute Gasteiger partial charge is 0.240 e. The van der Waals surface area contributed by atoms with Crippen molar-refractivity contribution >= 4 is 10.0 Å². The fourth-order valence-electron chi connectivity index (χ4n) is 3.82. The van der Waals surface area contributed by atoms with Gasteiger partial charge in [0.1, 0.15) is 0 Å². The summed E-state index contributed by atoms with van der Waals surface area (Å²) in [7, 11) is -3.40. The van der Waals surface area contributed by atoms with Gasteiger partial charge in [-0.05, 0) is 75.9 Å². The fraction of sp³-hybridized carbons (Fsp3) is 0.667. The molecule has 1 heterocycles. The first-order valence-electron chi connectivity index (χ1n) is 8.79. The van der Waals surface area contributed by atoms with Gasteiger partial charge in [-0.2, -0.15) is 0 Å². The lowest BCUT2D eigenvalue weighted by atomic mass is 10.0. The highest BCUT2D eigenvalue weighted by atomic mass is 32.2. The van der Waals surface area contributed by atoms with Gasteiger partial charge >= 0.3 is 0 Å². The number of piperidine rings is 1. The van der Waals surface area contributed by atoms with Gasteiger partial charge in [0.15, 0.2) is 0 Å². The van der Waals surface area contributed by atoms with Crippen LogP contribution in [-0.2, 0) is 10.0 Å². The molecule has 0 spiro atoms. The van der Waals surface area contributed by atoms with Gasteiger partial charge in [-0.25, -0.2) is 13.1 Å². The maximum atomic E-state index is 12.6. The van der Waals surface area contributed by atoms with Crippen molar-refractivity contribution < 1.29 is 8.42 Å². The SMILES string of the molecule is Cc1ccc(S(=O)(=O)NC2CCN(C3CCCC3)CC2)cc1C. The number of hydrogen-bond acceptors (Lipinski definition) is 3. The Labute approximate surface area is 140 Å². The number of aryl methyl sites for hydroxylation is 2. The second kappa shape index (κ2) is 6.91. The van der Waals surface area contributed by atoms with Crippen LogP contribution in [-0.4, -0.2) is 38.5 Å². The van der Waals surface area contributed by atoms with Crippen molar-refractivity contribution in [2.75, 3.05) is 13.1 Å². The topological polar surface area (TPSA) is 49.4 Å². The lowest BCUT2D eigenvalue weighted by molar-refractivity contribution is 0.151. The zero-order valence-electron chi connectivity index (χ0n) is 14.2. The minimum atomic E-state index is -3.40. The summed E-state index contributed by atoms with van der Waals surface area (Å²) >= 11 is 0. The van der Waals surface area contributed by atoms with Crippen LogP contribution < -0.4 is 4.72 Å². The fourth-order valence-corrected chi connectivity index (χ4v) is 5.21. The molecule has 1 aromatic rings. The molecule has 2 aliphatic rings. The van der Waals surface area contributed by atoms with Crippen LogP contribution in [0.4, 0.5) is 0 Å². The van der Waals surface area contributed by atoms with Gasteiger partial charge in [0.2, 0.25) is 10.0 Å². The van der Waals surface area contributed by atoms with Gasteiger partial charge < -0.3 is 4.90 Å². The lowest BCUT2D eigenvalue weighted by Gasteiger charge is -2.36. The molecule has 1 saturated heterocycles. The molecule has 1 aromatic carbocycles. The van der Waals surface area contributed by atoms with E-state index in [0.717, 1.165) is 43.1 Å². The Morgan fingerprint density at radius 3 is 2.26 bits per heavy atom. The average Bonchev–Trinajstić information content (AvgIpc) is 3.04. The molecule has 1 saturated carbocycles. The van der Waals surface area contributed by atoms with E-state index >= 15 is 0 Å². The van der Waals surface area contributed by atoms with Crippen molar-refractivity contribution in [2.45, 2.75) is 69.4 Å². The van der Waals surface area contributed by atoms with Gasteiger partial charge in [-0.1, -0.05) is 18.9 Å². The average molecular weight is 337 g/mol. The Balaban J connectivity index is 1.59. The number of benzene rings is 1. The third-order valence-corrected chi connectivity index (χ3v) is 7.00. The number of sulfonamides is 1. The first-order chi connectivity index (χ1) is 11.0. The zero-order valence-corrected chi connectivity index (χ0v) is 15.0. The maximum Gasteiger partial charge on any atom is 0.240 e. The number of rotatable bonds is 4. The van der Waals surface area contributed by atoms with Crippen LogP contribution in [0.5, 0.6) is 0 Å². The molecule has 3 rings (SSSR count). The van der Waals surface area contributed by atoms with Crippen LogP contribution in [0.3, 0.4) is 0 Å². The Morgan fingerprint density at radius 1 is 1.00 bits per heavy atom. The maximum absolute atomic E-state index is 12.6. The number of hydrogen-bond donors (Lipinski definition) is 1. The van der Waals surface area contributed by atoms with Crippen molar-refractivity contribution in [1.29, 1.82) is 0 Å². The molecule has 0 amide bonds. The standard InChI is InChI=1S/C18H28N2O2S/c1-14-7-8-18(13-15(14)2)23(21,22)19-16-9-11-20(12-10-16)17-5-3-4-6-17/h7-8,13,16-17,19H,3-6,9-12H2,1-2H3. The van der Waals surface area contributed by atoms with Gasteiger partial charge in [0.05, 0.1) is 4.90 Å². The molecule has 0 bridgehead atoms. The zero-order chi connectivity index (χ0) is 16.4. The van der Waals surface area contributed by atoms with Crippen LogP contribution in [0.2, 0.25) is 0 Å². The number of nitrogens with zero attached hydrogens (tertiary/aromatic N) is 1. The van der Waals surface area contributed by atoms with Crippen LogP contribution in [0.25, 0.3) is 0 Å². The highest BCUT2D eigenvalue weighted by Crippen LogP contribution is 2.26. The number of nitrogens with one attached hydrogen (secondary N) is 1. The first kappa shape index (κ1) is 16.9. The highest BCUT2D eigenvalue weighted by molar-refractivity contribution is 7.89. The highest BCUT2D eigenvalue weighted by Gasteiger charge is 2.29. The van der Waals surface area contributed by atoms with Gasteiger partial charge in [-0.3, -0.25) is 0 Å². The molecule has 1 N–H and O–H groups in total. The van der Waals surface area contributed by atoms with E-state index < -0.39 is 10.0 Å². The molecule has 5 heteroatoms. The van der Waals surface area contributed by atoms with Gasteiger partial charge in [-0.15, -0.1) is 0 Å². The van der Waals surface area contributed by atoms with Crippen molar-refractivity contribution in [3.05, 3.63) is 29.3 Å². The van der Waals surface area contributed by atoms with Crippen molar-refractivity contribution in [3.8, 4) is 0 Å². The summed E-state index contributed by atoms with van der Waals surface area (Å²) in [5.74, 6) is 0. The summed E-state index contributed by atoms with van der Waals surface area (Å²) in [6.45, 7) is 5.99. The third kappa shape index (κ3) is 3.95. The van der Waals surface area contributed by atoms with Crippen molar-refractivity contribution in [2.24, 2.45) is 0 Å². The molecule has 0 unspecified atom stereocenters. The Hall–Kier alpha value is -0.910. The molecule has 0 aromatic heterocycles. The molecule has 1 aliphatic heterocycles. The monoisotopic (exact) mass is 336 g/mol. The van der Waals surface area contributed by atoms with Gasteiger partial charge in [0, 0.05) is 12.1 Å². The predicted octanol–water partition coefficient (Wildman–Crippen LogP) is 2.99. The molecule has 4 nitrogen and oxygen atoms in total. The van der Waals surface area contributed by atoms with Crippen molar-refractivity contribution in [1.82, 2.24) is 9.62 Å². The molecule has 2 fully saturated rings. The molecule has 1 aliphatic carbocycles. The van der Waals surface area contributed by atoms with E-state index in [2.05, 4.69) is 9.62 Å². The summed E-state index contributed by atoms with van der Waals surface area (Å²) in [4.78, 5) is 2.95. The van der Waals surface area contributed by atoms with E-state index in [-0.39, 0.29) is 6.04 Å². The summed E-state index contributed by atoms with van der Waals surface area (Å²) in [6, 6.07) is 6.17. The Morgan fingerprint density at radius 2 is 1.65 bits per heavy atom. The predicted molar refractivity (Wildman–Crippen MR) is 93.1 cm³/mol. The third-order valence-electron chi connectivity index (χ3n) is 5.48. The quantitative estimate of drug-likeness (QED) is 0.919. The minimum absolute atomic E-state index is 0.0688. The normalized spacial score (nSPS) is 21.8. The van der Waals surface area contributed by atoms with Gasteiger partial charge in [0.25, 0.3) is 0 Å². The largest absolute Gasteiger partial charge is 0.300 e. The Kier molecular flexibility index (Phi) is 5.09. The number of likely N-dealkylation sites (tertiary alicyclic amines) is 1. The van der Waals surface area contributed by atoms with Crippen LogP contribution in [0.15, 0.2) is 23.1 Å². The molecule has 0 atom stereocenters. The van der Waals surface area contributed by atoms with Crippen molar-refractivity contribution in [3.63, 3.8) is 0 Å². The van der Waals surface area contributed by atoms with E-state index in [1.807, 2.05) is 19.9 Å². The van der Waals surface area contributed by atoms with E-state index in [1.54, 1.807) is 12.1 Å². The Bertz CT molecular complexity index is 643. The first-order valence-corrected chi connectivity index (χ1v) is 10.3. The molecular formula is C18H28N2O2S. The summed E-state index contributed by atoms with van der Waals surface area (Å²) < 4.78 is 28.1. The van der Waals surface area contributed by atoms with E-state index in [9.17, 15) is 8.42 Å². The second-order valence-electron chi connectivity index (χ2n) is 7.12. The molecule has 23 heavy (non-hydrogen) atoms.